The van der Waals surface area contributed by atoms with E-state index in [-0.39, 0.29) is 6.42 Å². The minimum atomic E-state index is -0.476. The summed E-state index contributed by atoms with van der Waals surface area (Å²) in [4.78, 5) is 15.2. The van der Waals surface area contributed by atoms with E-state index in [4.69, 9.17) is 5.26 Å². The lowest BCUT2D eigenvalue weighted by atomic mass is 10.2. The van der Waals surface area contributed by atoms with Crippen LogP contribution >= 0.6 is 0 Å². The SMILES string of the molecule is Cc1nccn1-c1ccc(NC(=O)CC#N)cc1F. The maximum Gasteiger partial charge on any atom is 0.238 e. The Hall–Kier alpha value is -2.68. The molecule has 0 spiro atoms. The molecule has 0 aliphatic heterocycles. The number of nitrogens with zero attached hydrogens (tertiary/aromatic N) is 3. The third-order valence-electron chi connectivity index (χ3n) is 2.56. The van der Waals surface area contributed by atoms with Crippen molar-refractivity contribution in [3.63, 3.8) is 0 Å². The first-order valence-corrected chi connectivity index (χ1v) is 5.58. The van der Waals surface area contributed by atoms with Gasteiger partial charge in [0.2, 0.25) is 5.91 Å². The highest BCUT2D eigenvalue weighted by atomic mass is 19.1. The summed E-state index contributed by atoms with van der Waals surface area (Å²) in [7, 11) is 0. The number of benzene rings is 1. The molecular weight excluding hydrogens is 247 g/mol. The van der Waals surface area contributed by atoms with Crippen LogP contribution in [-0.2, 0) is 4.79 Å². The van der Waals surface area contributed by atoms with Crippen molar-refractivity contribution in [3.05, 3.63) is 42.2 Å². The maximum absolute atomic E-state index is 14.0. The average Bonchev–Trinajstić information content (AvgIpc) is 2.76. The Labute approximate surface area is 109 Å². The van der Waals surface area contributed by atoms with Crippen LogP contribution in [0.5, 0.6) is 0 Å². The van der Waals surface area contributed by atoms with Crippen LogP contribution in [0, 0.1) is 24.1 Å². The number of carbonyl (C=O) groups is 1. The summed E-state index contributed by atoms with van der Waals surface area (Å²) in [5.74, 6) is -0.274. The predicted octanol–water partition coefficient (Wildman–Crippen LogP) is 2.17. The summed E-state index contributed by atoms with van der Waals surface area (Å²) < 4.78 is 15.6. The van der Waals surface area contributed by atoms with Crippen molar-refractivity contribution in [1.29, 1.82) is 5.26 Å². The standard InChI is InChI=1S/C13H11FN4O/c1-9-16-6-7-18(9)12-3-2-10(8-11(12)14)17-13(19)4-5-15/h2-3,6-8H,4H2,1H3,(H,17,19). The normalized spacial score (nSPS) is 9.95. The van der Waals surface area contributed by atoms with Crippen LogP contribution < -0.4 is 5.32 Å². The van der Waals surface area contributed by atoms with Gasteiger partial charge in [-0.15, -0.1) is 0 Å². The van der Waals surface area contributed by atoms with Gasteiger partial charge in [0.15, 0.2) is 0 Å². The molecule has 6 heteroatoms. The van der Waals surface area contributed by atoms with Gasteiger partial charge in [0, 0.05) is 18.1 Å². The number of carbonyl (C=O) groups excluding carboxylic acids is 1. The molecule has 1 N–H and O–H groups in total. The minimum absolute atomic E-state index is 0.260. The first-order valence-electron chi connectivity index (χ1n) is 5.58. The number of anilines is 1. The molecule has 0 bridgehead atoms. The molecule has 1 amide bonds. The van der Waals surface area contributed by atoms with Crippen molar-refractivity contribution in [2.45, 2.75) is 13.3 Å². The molecule has 0 atom stereocenters. The van der Waals surface area contributed by atoms with E-state index >= 15 is 0 Å². The zero-order valence-electron chi connectivity index (χ0n) is 10.2. The molecular formula is C13H11FN4O. The van der Waals surface area contributed by atoms with E-state index in [9.17, 15) is 9.18 Å². The molecule has 1 aromatic carbocycles. The van der Waals surface area contributed by atoms with Crippen LogP contribution in [0.15, 0.2) is 30.6 Å². The highest BCUT2D eigenvalue weighted by Crippen LogP contribution is 2.19. The lowest BCUT2D eigenvalue weighted by molar-refractivity contribution is -0.115. The zero-order chi connectivity index (χ0) is 13.8. The molecule has 96 valence electrons. The van der Waals surface area contributed by atoms with Gasteiger partial charge in [-0.1, -0.05) is 0 Å². The zero-order valence-corrected chi connectivity index (χ0v) is 10.2. The van der Waals surface area contributed by atoms with Crippen molar-refractivity contribution in [2.24, 2.45) is 0 Å². The Bertz CT molecular complexity index is 657. The van der Waals surface area contributed by atoms with E-state index < -0.39 is 11.7 Å². The fourth-order valence-corrected chi connectivity index (χ4v) is 1.69. The van der Waals surface area contributed by atoms with Gasteiger partial charge in [0.05, 0.1) is 11.8 Å². The average molecular weight is 258 g/mol. The Balaban J connectivity index is 2.26. The van der Waals surface area contributed by atoms with Crippen LogP contribution in [0.1, 0.15) is 12.2 Å². The fraction of sp³-hybridized carbons (Fsp3) is 0.154. The summed E-state index contributed by atoms with van der Waals surface area (Å²) in [6.45, 7) is 1.77. The molecule has 0 fully saturated rings. The number of halogens is 1. The molecule has 5 nitrogen and oxygen atoms in total. The number of aryl methyl sites for hydroxylation is 1. The number of hydrogen-bond acceptors (Lipinski definition) is 3. The number of hydrogen-bond donors (Lipinski definition) is 1. The maximum atomic E-state index is 14.0. The van der Waals surface area contributed by atoms with Crippen LogP contribution in [0.4, 0.5) is 10.1 Å². The molecule has 0 aliphatic rings. The second-order valence-corrected chi connectivity index (χ2v) is 3.89. The third kappa shape index (κ3) is 2.77. The molecule has 0 saturated carbocycles. The van der Waals surface area contributed by atoms with Crippen molar-refractivity contribution < 1.29 is 9.18 Å². The lowest BCUT2D eigenvalue weighted by Gasteiger charge is -2.09. The molecule has 0 aliphatic carbocycles. The number of nitrogens with one attached hydrogen (secondary N) is 1. The highest BCUT2D eigenvalue weighted by Gasteiger charge is 2.09. The van der Waals surface area contributed by atoms with Crippen LogP contribution in [0.2, 0.25) is 0 Å². The van der Waals surface area contributed by atoms with E-state index in [2.05, 4.69) is 10.3 Å². The van der Waals surface area contributed by atoms with Gasteiger partial charge in [-0.2, -0.15) is 5.26 Å². The van der Waals surface area contributed by atoms with E-state index in [1.54, 1.807) is 42.1 Å². The Morgan fingerprint density at radius 1 is 1.58 bits per heavy atom. The van der Waals surface area contributed by atoms with Gasteiger partial charge < -0.3 is 9.88 Å². The van der Waals surface area contributed by atoms with E-state index in [1.807, 2.05) is 0 Å². The van der Waals surface area contributed by atoms with Gasteiger partial charge in [0.25, 0.3) is 0 Å². The van der Waals surface area contributed by atoms with Crippen LogP contribution in [-0.4, -0.2) is 15.5 Å². The number of imidazole rings is 1. The number of aromatic nitrogens is 2. The first-order chi connectivity index (χ1) is 9.11. The van der Waals surface area contributed by atoms with Gasteiger partial charge in [-0.3, -0.25) is 4.79 Å². The van der Waals surface area contributed by atoms with Crippen LogP contribution in [0.3, 0.4) is 0 Å². The summed E-state index contributed by atoms with van der Waals surface area (Å²) in [6, 6.07) is 6.06. The Morgan fingerprint density at radius 2 is 2.37 bits per heavy atom. The molecule has 0 radical (unpaired) electrons. The lowest BCUT2D eigenvalue weighted by Crippen LogP contribution is -2.10. The third-order valence-corrected chi connectivity index (χ3v) is 2.56. The topological polar surface area (TPSA) is 70.7 Å². The Kier molecular flexibility index (Phi) is 3.57. The minimum Gasteiger partial charge on any atom is -0.325 e. The summed E-state index contributed by atoms with van der Waals surface area (Å²) in [6.07, 6.45) is 2.98. The monoisotopic (exact) mass is 258 g/mol. The van der Waals surface area contributed by atoms with Gasteiger partial charge in [0.1, 0.15) is 18.1 Å². The second kappa shape index (κ2) is 5.31. The van der Waals surface area contributed by atoms with Gasteiger partial charge in [-0.05, 0) is 25.1 Å². The van der Waals surface area contributed by atoms with Crippen molar-refractivity contribution in [1.82, 2.24) is 9.55 Å². The molecule has 1 aromatic heterocycles. The van der Waals surface area contributed by atoms with Crippen molar-refractivity contribution in [2.75, 3.05) is 5.32 Å². The molecule has 2 aromatic rings. The summed E-state index contributed by atoms with van der Waals surface area (Å²) in [5.41, 5.74) is 0.674. The highest BCUT2D eigenvalue weighted by molar-refractivity contribution is 5.92. The molecule has 19 heavy (non-hydrogen) atoms. The van der Waals surface area contributed by atoms with Crippen LogP contribution in [0.25, 0.3) is 5.69 Å². The second-order valence-electron chi connectivity index (χ2n) is 3.89. The first kappa shape index (κ1) is 12.8. The largest absolute Gasteiger partial charge is 0.325 e. The van der Waals surface area contributed by atoms with Crippen molar-refractivity contribution in [3.8, 4) is 11.8 Å². The molecule has 1 heterocycles. The number of nitriles is 1. The van der Waals surface area contributed by atoms with E-state index in [0.29, 0.717) is 17.2 Å². The smallest absolute Gasteiger partial charge is 0.238 e. The Morgan fingerprint density at radius 3 is 2.95 bits per heavy atom. The fourth-order valence-electron chi connectivity index (χ4n) is 1.69. The van der Waals surface area contributed by atoms with E-state index in [1.165, 1.54) is 6.07 Å². The number of amides is 1. The quantitative estimate of drug-likeness (QED) is 0.917. The molecule has 0 saturated heterocycles. The van der Waals surface area contributed by atoms with Gasteiger partial charge >= 0.3 is 0 Å². The van der Waals surface area contributed by atoms with Gasteiger partial charge in [-0.25, -0.2) is 9.37 Å². The molecule has 2 rings (SSSR count). The summed E-state index contributed by atoms with van der Waals surface area (Å²) in [5, 5.41) is 10.8. The van der Waals surface area contributed by atoms with E-state index in [0.717, 1.165) is 0 Å². The van der Waals surface area contributed by atoms with Crippen molar-refractivity contribution >= 4 is 11.6 Å². The summed E-state index contributed by atoms with van der Waals surface area (Å²) >= 11 is 0. The predicted molar refractivity (Wildman–Crippen MR) is 67.1 cm³/mol. The molecule has 0 unspecified atom stereocenters. The number of rotatable bonds is 3.